The molecule has 0 radical (unpaired) electrons. The van der Waals surface area contributed by atoms with Crippen LogP contribution in [-0.4, -0.2) is 5.11 Å². The second kappa shape index (κ2) is 5.34. The maximum Gasteiger partial charge on any atom is 0.0701 e. The Morgan fingerprint density at radius 3 is 2.71 bits per heavy atom. The number of aliphatic hydroxyl groups excluding tert-OH is 1. The quantitative estimate of drug-likeness (QED) is 0.863. The van der Waals surface area contributed by atoms with E-state index in [0.717, 1.165) is 11.3 Å². The van der Waals surface area contributed by atoms with Crippen LogP contribution in [0.4, 0.5) is 5.69 Å². The van der Waals surface area contributed by atoms with Gasteiger partial charge in [-0.05, 0) is 36.9 Å². The summed E-state index contributed by atoms with van der Waals surface area (Å²) in [6.07, 6.45) is 0. The van der Waals surface area contributed by atoms with Crippen molar-refractivity contribution >= 4 is 17.0 Å². The second-order valence-electron chi connectivity index (χ2n) is 4.15. The maximum atomic E-state index is 9.28. The Hall–Kier alpha value is -1.32. The molecule has 0 aliphatic carbocycles. The lowest BCUT2D eigenvalue weighted by Gasteiger charge is -2.17. The van der Waals surface area contributed by atoms with E-state index in [4.69, 9.17) is 0 Å². The van der Waals surface area contributed by atoms with Gasteiger partial charge in [-0.15, -0.1) is 11.3 Å². The van der Waals surface area contributed by atoms with Gasteiger partial charge in [-0.25, -0.2) is 0 Å². The van der Waals surface area contributed by atoms with Gasteiger partial charge < -0.3 is 10.4 Å². The lowest BCUT2D eigenvalue weighted by Crippen LogP contribution is -2.08. The van der Waals surface area contributed by atoms with E-state index in [-0.39, 0.29) is 12.6 Å². The smallest absolute Gasteiger partial charge is 0.0701 e. The van der Waals surface area contributed by atoms with Crippen molar-refractivity contribution in [2.75, 3.05) is 5.32 Å². The number of hydrogen-bond acceptors (Lipinski definition) is 3. The van der Waals surface area contributed by atoms with Crippen molar-refractivity contribution in [3.8, 4) is 0 Å². The fraction of sp³-hybridized carbons (Fsp3) is 0.286. The highest BCUT2D eigenvalue weighted by Crippen LogP contribution is 2.28. The number of aryl methyl sites for hydroxylation is 1. The second-order valence-corrected chi connectivity index (χ2v) is 5.10. The number of hydrogen-bond donors (Lipinski definition) is 2. The van der Waals surface area contributed by atoms with E-state index >= 15 is 0 Å². The zero-order valence-electron chi connectivity index (χ0n) is 10.1. The van der Waals surface area contributed by atoms with Crippen LogP contribution < -0.4 is 5.32 Å². The Balaban J connectivity index is 2.18. The van der Waals surface area contributed by atoms with E-state index in [1.54, 1.807) is 11.3 Å². The molecule has 3 heteroatoms. The van der Waals surface area contributed by atoms with E-state index in [1.165, 1.54) is 10.4 Å². The summed E-state index contributed by atoms with van der Waals surface area (Å²) in [5, 5.41) is 14.8. The van der Waals surface area contributed by atoms with Crippen LogP contribution in [0.3, 0.4) is 0 Å². The Bertz CT molecular complexity index is 492. The predicted molar refractivity (Wildman–Crippen MR) is 73.5 cm³/mol. The van der Waals surface area contributed by atoms with Crippen LogP contribution in [0, 0.1) is 6.92 Å². The minimum atomic E-state index is 0.0688. The maximum absolute atomic E-state index is 9.28. The highest BCUT2D eigenvalue weighted by molar-refractivity contribution is 7.10. The van der Waals surface area contributed by atoms with Gasteiger partial charge in [0.05, 0.1) is 12.6 Å². The Labute approximate surface area is 106 Å². The molecule has 0 aliphatic heterocycles. The normalized spacial score (nSPS) is 12.4. The first-order valence-corrected chi connectivity index (χ1v) is 6.59. The minimum absolute atomic E-state index is 0.0688. The Morgan fingerprint density at radius 1 is 1.29 bits per heavy atom. The number of benzene rings is 1. The summed E-state index contributed by atoms with van der Waals surface area (Å²) in [6, 6.07) is 10.3. The number of nitrogens with one attached hydrogen (secondary N) is 1. The molecule has 90 valence electrons. The highest BCUT2D eigenvalue weighted by Gasteiger charge is 2.10. The lowest BCUT2D eigenvalue weighted by atomic mass is 10.1. The van der Waals surface area contributed by atoms with Crippen LogP contribution in [0.5, 0.6) is 0 Å². The summed E-state index contributed by atoms with van der Waals surface area (Å²) in [7, 11) is 0. The number of rotatable bonds is 4. The van der Waals surface area contributed by atoms with Gasteiger partial charge in [-0.1, -0.05) is 18.2 Å². The van der Waals surface area contributed by atoms with E-state index in [9.17, 15) is 5.11 Å². The van der Waals surface area contributed by atoms with Gasteiger partial charge in [0.15, 0.2) is 0 Å². The molecule has 1 heterocycles. The van der Waals surface area contributed by atoms with Crippen LogP contribution >= 0.6 is 11.3 Å². The number of aliphatic hydroxyl groups is 1. The summed E-state index contributed by atoms with van der Waals surface area (Å²) < 4.78 is 0. The van der Waals surface area contributed by atoms with Crippen molar-refractivity contribution in [1.82, 2.24) is 0 Å². The molecule has 0 aliphatic rings. The SMILES string of the molecule is Cc1ccsc1C(C)Nc1ccccc1CO. The average molecular weight is 247 g/mol. The third kappa shape index (κ3) is 2.68. The van der Waals surface area contributed by atoms with Gasteiger partial charge in [-0.2, -0.15) is 0 Å². The molecule has 0 spiro atoms. The first kappa shape index (κ1) is 12.1. The fourth-order valence-corrected chi connectivity index (χ4v) is 2.86. The molecule has 0 bridgehead atoms. The molecule has 1 unspecified atom stereocenters. The molecule has 1 aromatic carbocycles. The molecular formula is C14H17NOS. The summed E-state index contributed by atoms with van der Waals surface area (Å²) in [4.78, 5) is 1.35. The molecule has 0 saturated heterocycles. The Morgan fingerprint density at radius 2 is 2.06 bits per heavy atom. The third-order valence-electron chi connectivity index (χ3n) is 2.85. The molecule has 0 amide bonds. The zero-order chi connectivity index (χ0) is 12.3. The van der Waals surface area contributed by atoms with Crippen LogP contribution in [0.1, 0.15) is 29.0 Å². The first-order valence-electron chi connectivity index (χ1n) is 5.71. The first-order chi connectivity index (χ1) is 8.22. The average Bonchev–Trinajstić information content (AvgIpc) is 2.76. The summed E-state index contributed by atoms with van der Waals surface area (Å²) in [6.45, 7) is 4.34. The topological polar surface area (TPSA) is 32.3 Å². The standard InChI is InChI=1S/C14H17NOS/c1-10-7-8-17-14(10)11(2)15-13-6-4-3-5-12(13)9-16/h3-8,11,15-16H,9H2,1-2H3. The minimum Gasteiger partial charge on any atom is -0.392 e. The molecule has 2 rings (SSSR count). The van der Waals surface area contributed by atoms with Crippen molar-refractivity contribution in [3.05, 3.63) is 51.7 Å². The van der Waals surface area contributed by atoms with Gasteiger partial charge >= 0.3 is 0 Å². The molecule has 2 N–H and O–H groups in total. The zero-order valence-corrected chi connectivity index (χ0v) is 10.9. The van der Waals surface area contributed by atoms with E-state index < -0.39 is 0 Å². The number of thiophene rings is 1. The fourth-order valence-electron chi connectivity index (χ4n) is 1.93. The van der Waals surface area contributed by atoms with Gasteiger partial charge in [0.1, 0.15) is 0 Å². The molecular weight excluding hydrogens is 230 g/mol. The van der Waals surface area contributed by atoms with Crippen molar-refractivity contribution in [3.63, 3.8) is 0 Å². The molecule has 0 saturated carbocycles. The van der Waals surface area contributed by atoms with Crippen molar-refractivity contribution in [2.24, 2.45) is 0 Å². The van der Waals surface area contributed by atoms with Crippen molar-refractivity contribution in [2.45, 2.75) is 26.5 Å². The molecule has 0 fully saturated rings. The van der Waals surface area contributed by atoms with Crippen LogP contribution in [0.25, 0.3) is 0 Å². The number of anilines is 1. The van der Waals surface area contributed by atoms with Gasteiger partial charge in [0.2, 0.25) is 0 Å². The largest absolute Gasteiger partial charge is 0.392 e. The van der Waals surface area contributed by atoms with Crippen LogP contribution in [0.15, 0.2) is 35.7 Å². The molecule has 17 heavy (non-hydrogen) atoms. The van der Waals surface area contributed by atoms with Crippen LogP contribution in [0.2, 0.25) is 0 Å². The Kier molecular flexibility index (Phi) is 3.82. The molecule has 2 aromatic rings. The lowest BCUT2D eigenvalue weighted by molar-refractivity contribution is 0.282. The van der Waals surface area contributed by atoms with Gasteiger partial charge in [-0.3, -0.25) is 0 Å². The number of para-hydroxylation sites is 1. The van der Waals surface area contributed by atoms with Crippen molar-refractivity contribution < 1.29 is 5.11 Å². The van der Waals surface area contributed by atoms with E-state index in [0.29, 0.717) is 0 Å². The predicted octanol–water partition coefficient (Wildman–Crippen LogP) is 3.72. The molecule has 2 nitrogen and oxygen atoms in total. The monoisotopic (exact) mass is 247 g/mol. The van der Waals surface area contributed by atoms with E-state index in [1.807, 2.05) is 24.3 Å². The van der Waals surface area contributed by atoms with Gasteiger partial charge in [0, 0.05) is 16.1 Å². The molecule has 1 aromatic heterocycles. The van der Waals surface area contributed by atoms with Crippen molar-refractivity contribution in [1.29, 1.82) is 0 Å². The third-order valence-corrected chi connectivity index (χ3v) is 4.06. The summed E-state index contributed by atoms with van der Waals surface area (Å²) in [5.74, 6) is 0. The molecule has 1 atom stereocenters. The summed E-state index contributed by atoms with van der Waals surface area (Å²) >= 11 is 1.77. The highest BCUT2D eigenvalue weighted by atomic mass is 32.1. The summed E-state index contributed by atoms with van der Waals surface area (Å²) in [5.41, 5.74) is 3.26. The van der Waals surface area contributed by atoms with Gasteiger partial charge in [0.25, 0.3) is 0 Å². The van der Waals surface area contributed by atoms with Crippen LogP contribution in [-0.2, 0) is 6.61 Å². The van der Waals surface area contributed by atoms with E-state index in [2.05, 4.69) is 30.6 Å².